The Morgan fingerprint density at radius 2 is 2.21 bits per heavy atom. The zero-order valence-corrected chi connectivity index (χ0v) is 12.2. The molecule has 0 aliphatic carbocycles. The topological polar surface area (TPSA) is 76.4 Å². The van der Waals surface area contributed by atoms with Gasteiger partial charge in [0.1, 0.15) is 5.56 Å². The fourth-order valence-corrected chi connectivity index (χ4v) is 1.63. The van der Waals surface area contributed by atoms with Crippen LogP contribution in [0.3, 0.4) is 0 Å². The third kappa shape index (κ3) is 4.24. The summed E-state index contributed by atoms with van der Waals surface area (Å²) in [5.41, 5.74) is 0.215. The predicted molar refractivity (Wildman–Crippen MR) is 72.2 cm³/mol. The van der Waals surface area contributed by atoms with Gasteiger partial charge < -0.3 is 15.2 Å². The number of methoxy groups -OCH3 is 1. The molecule has 0 spiro atoms. The third-order valence-electron chi connectivity index (χ3n) is 2.94. The molecule has 1 rings (SSSR count). The number of carbonyl (C=O) groups excluding carboxylic acids is 1. The molecule has 108 valence electrons. The largest absolute Gasteiger partial charge is 0.479 e. The lowest BCUT2D eigenvalue weighted by Crippen LogP contribution is -2.32. The van der Waals surface area contributed by atoms with Gasteiger partial charge in [-0.1, -0.05) is 20.8 Å². The minimum absolute atomic E-state index is 0.184. The highest BCUT2D eigenvalue weighted by atomic mass is 16.5. The summed E-state index contributed by atoms with van der Waals surface area (Å²) in [5, 5.41) is 16.7. The number of rotatable bonds is 5. The molecule has 0 aliphatic heterocycles. The van der Waals surface area contributed by atoms with E-state index in [1.54, 1.807) is 13.2 Å². The Balaban J connectivity index is 2.52. The number of aliphatic hydroxyl groups excluding tert-OH is 1. The lowest BCUT2D eigenvalue weighted by atomic mass is 9.87. The number of hydrogen-bond acceptors (Lipinski definition) is 4. The van der Waals surface area contributed by atoms with Crippen molar-refractivity contribution >= 4 is 5.91 Å². The van der Waals surface area contributed by atoms with Crippen molar-refractivity contribution in [3.8, 4) is 5.88 Å². The summed E-state index contributed by atoms with van der Waals surface area (Å²) in [7, 11) is 3.20. The number of aryl methyl sites for hydroxylation is 1. The van der Waals surface area contributed by atoms with Crippen LogP contribution in [0.1, 0.15) is 37.6 Å². The van der Waals surface area contributed by atoms with Crippen LogP contribution in [0.2, 0.25) is 0 Å². The molecule has 0 radical (unpaired) electrons. The van der Waals surface area contributed by atoms with Crippen molar-refractivity contribution < 1.29 is 14.6 Å². The molecule has 1 aromatic rings. The SMILES string of the molecule is COc1nn(C)cc1C(=O)NCCC(O)C(C)(C)C. The van der Waals surface area contributed by atoms with E-state index in [0.29, 0.717) is 24.4 Å². The monoisotopic (exact) mass is 269 g/mol. The zero-order valence-electron chi connectivity index (χ0n) is 12.2. The van der Waals surface area contributed by atoms with E-state index in [4.69, 9.17) is 4.74 Å². The molecule has 1 heterocycles. The molecule has 0 saturated carbocycles. The van der Waals surface area contributed by atoms with Gasteiger partial charge in [-0.3, -0.25) is 9.48 Å². The number of ether oxygens (including phenoxy) is 1. The lowest BCUT2D eigenvalue weighted by molar-refractivity contribution is 0.0551. The maximum Gasteiger partial charge on any atom is 0.258 e. The minimum atomic E-state index is -0.455. The van der Waals surface area contributed by atoms with Crippen molar-refractivity contribution in [2.24, 2.45) is 12.5 Å². The Labute approximate surface area is 113 Å². The van der Waals surface area contributed by atoms with Crippen molar-refractivity contribution in [3.63, 3.8) is 0 Å². The fraction of sp³-hybridized carbons (Fsp3) is 0.692. The van der Waals surface area contributed by atoms with E-state index in [-0.39, 0.29) is 11.3 Å². The van der Waals surface area contributed by atoms with Gasteiger partial charge in [-0.05, 0) is 11.8 Å². The number of nitrogens with one attached hydrogen (secondary N) is 1. The maximum absolute atomic E-state index is 11.9. The Kier molecular flexibility index (Phi) is 4.94. The van der Waals surface area contributed by atoms with Crippen molar-refractivity contribution in [2.45, 2.75) is 33.3 Å². The summed E-state index contributed by atoms with van der Waals surface area (Å²) in [6.45, 7) is 6.30. The first-order valence-corrected chi connectivity index (χ1v) is 6.29. The highest BCUT2D eigenvalue weighted by molar-refractivity contribution is 5.96. The van der Waals surface area contributed by atoms with Crippen LogP contribution in [0.15, 0.2) is 6.20 Å². The summed E-state index contributed by atoms with van der Waals surface area (Å²) in [4.78, 5) is 11.9. The van der Waals surface area contributed by atoms with E-state index in [2.05, 4.69) is 10.4 Å². The number of nitrogens with zero attached hydrogens (tertiary/aromatic N) is 2. The summed E-state index contributed by atoms with van der Waals surface area (Å²) < 4.78 is 6.55. The molecule has 0 aliphatic rings. The van der Waals surface area contributed by atoms with Gasteiger partial charge in [0.15, 0.2) is 0 Å². The normalized spacial score (nSPS) is 13.2. The van der Waals surface area contributed by atoms with E-state index in [9.17, 15) is 9.90 Å². The smallest absolute Gasteiger partial charge is 0.258 e. The van der Waals surface area contributed by atoms with Crippen LogP contribution in [-0.4, -0.2) is 40.6 Å². The molecular formula is C13H23N3O3. The summed E-state index contributed by atoms with van der Waals surface area (Å²) >= 11 is 0. The summed E-state index contributed by atoms with van der Waals surface area (Å²) in [6, 6.07) is 0. The molecule has 0 fully saturated rings. The Morgan fingerprint density at radius 3 is 2.74 bits per heavy atom. The summed E-state index contributed by atoms with van der Waals surface area (Å²) in [6.07, 6.45) is 1.66. The van der Waals surface area contributed by atoms with Crippen LogP contribution >= 0.6 is 0 Å². The first kappa shape index (κ1) is 15.5. The Hall–Kier alpha value is -1.56. The number of aliphatic hydroxyl groups is 1. The highest BCUT2D eigenvalue weighted by Crippen LogP contribution is 2.21. The van der Waals surface area contributed by atoms with Crippen LogP contribution in [0.5, 0.6) is 5.88 Å². The van der Waals surface area contributed by atoms with E-state index in [0.717, 1.165) is 0 Å². The Bertz CT molecular complexity index is 435. The van der Waals surface area contributed by atoms with Crippen LogP contribution < -0.4 is 10.1 Å². The quantitative estimate of drug-likeness (QED) is 0.834. The van der Waals surface area contributed by atoms with Gasteiger partial charge in [0.25, 0.3) is 5.91 Å². The number of amides is 1. The van der Waals surface area contributed by atoms with Gasteiger partial charge in [-0.2, -0.15) is 0 Å². The van der Waals surface area contributed by atoms with Crippen molar-refractivity contribution in [1.82, 2.24) is 15.1 Å². The molecule has 1 unspecified atom stereocenters. The molecule has 1 aromatic heterocycles. The van der Waals surface area contributed by atoms with Crippen LogP contribution in [0, 0.1) is 5.41 Å². The number of carbonyl (C=O) groups is 1. The number of aromatic nitrogens is 2. The molecule has 6 heteroatoms. The van der Waals surface area contributed by atoms with Crippen LogP contribution in [0.25, 0.3) is 0 Å². The molecule has 0 bridgehead atoms. The van der Waals surface area contributed by atoms with E-state index < -0.39 is 6.10 Å². The van der Waals surface area contributed by atoms with Gasteiger partial charge in [-0.15, -0.1) is 5.10 Å². The van der Waals surface area contributed by atoms with Crippen LogP contribution in [-0.2, 0) is 7.05 Å². The van der Waals surface area contributed by atoms with Crippen molar-refractivity contribution in [1.29, 1.82) is 0 Å². The number of hydrogen-bond donors (Lipinski definition) is 2. The van der Waals surface area contributed by atoms with Crippen molar-refractivity contribution in [2.75, 3.05) is 13.7 Å². The average molecular weight is 269 g/mol. The average Bonchev–Trinajstić information content (AvgIpc) is 2.69. The fourth-order valence-electron chi connectivity index (χ4n) is 1.63. The van der Waals surface area contributed by atoms with Crippen molar-refractivity contribution in [3.05, 3.63) is 11.8 Å². The van der Waals surface area contributed by atoms with Gasteiger partial charge in [0.2, 0.25) is 5.88 Å². The lowest BCUT2D eigenvalue weighted by Gasteiger charge is -2.25. The molecule has 19 heavy (non-hydrogen) atoms. The van der Waals surface area contributed by atoms with E-state index >= 15 is 0 Å². The maximum atomic E-state index is 11.9. The molecule has 0 aromatic carbocycles. The molecule has 1 amide bonds. The van der Waals surface area contributed by atoms with E-state index in [1.165, 1.54) is 11.8 Å². The first-order valence-electron chi connectivity index (χ1n) is 6.29. The molecule has 6 nitrogen and oxygen atoms in total. The minimum Gasteiger partial charge on any atom is -0.479 e. The second-order valence-electron chi connectivity index (χ2n) is 5.65. The zero-order chi connectivity index (χ0) is 14.6. The van der Waals surface area contributed by atoms with Crippen LogP contribution in [0.4, 0.5) is 0 Å². The highest BCUT2D eigenvalue weighted by Gasteiger charge is 2.22. The molecule has 1 atom stereocenters. The Morgan fingerprint density at radius 1 is 1.58 bits per heavy atom. The molecule has 2 N–H and O–H groups in total. The first-order chi connectivity index (χ1) is 8.75. The molecular weight excluding hydrogens is 246 g/mol. The van der Waals surface area contributed by atoms with E-state index in [1.807, 2.05) is 20.8 Å². The standard InChI is InChI=1S/C13H23N3O3/c1-13(2,3)10(17)6-7-14-11(18)9-8-16(4)15-12(9)19-5/h8,10,17H,6-7H2,1-5H3,(H,14,18). The van der Waals surface area contributed by atoms with Gasteiger partial charge >= 0.3 is 0 Å². The second kappa shape index (κ2) is 6.06. The summed E-state index contributed by atoms with van der Waals surface area (Å²) in [5.74, 6) is 0.0578. The predicted octanol–water partition coefficient (Wildman–Crippen LogP) is 0.956. The van der Waals surface area contributed by atoms with Gasteiger partial charge in [-0.25, -0.2) is 0 Å². The van der Waals surface area contributed by atoms with Gasteiger partial charge in [0, 0.05) is 19.8 Å². The third-order valence-corrected chi connectivity index (χ3v) is 2.94. The van der Waals surface area contributed by atoms with Gasteiger partial charge in [0.05, 0.1) is 13.2 Å². The second-order valence-corrected chi connectivity index (χ2v) is 5.65. The molecule has 0 saturated heterocycles.